The Balaban J connectivity index is 2.11. The van der Waals surface area contributed by atoms with Crippen LogP contribution in [0.3, 0.4) is 0 Å². The number of pyridine rings is 1. The van der Waals surface area contributed by atoms with E-state index in [1.165, 1.54) is 5.56 Å². The Morgan fingerprint density at radius 3 is 3.07 bits per heavy atom. The number of hydrogen-bond donors (Lipinski definition) is 1. The topological polar surface area (TPSA) is 34.1 Å². The lowest BCUT2D eigenvalue weighted by Gasteiger charge is -2.13. The minimum atomic E-state index is 0.418. The van der Waals surface area contributed by atoms with Crippen LogP contribution >= 0.6 is 0 Å². The molecular formula is C12H20N2O. The fraction of sp³-hybridized carbons (Fsp3) is 0.583. The largest absolute Gasteiger partial charge is 0.380 e. The first-order valence-electron chi connectivity index (χ1n) is 5.53. The summed E-state index contributed by atoms with van der Waals surface area (Å²) in [4.78, 5) is 4.08. The van der Waals surface area contributed by atoms with Gasteiger partial charge in [0.1, 0.15) is 0 Å². The smallest absolute Gasteiger partial charge is 0.0616 e. The standard InChI is InChI=1S/C12H20N2O/c1-3-15-10-11(2)14-8-6-12-5-4-7-13-9-12/h4-5,7,9,11,14H,3,6,8,10H2,1-2H3. The SMILES string of the molecule is CCOCC(C)NCCc1cccnc1. The van der Waals surface area contributed by atoms with E-state index in [1.807, 2.05) is 19.2 Å². The first kappa shape index (κ1) is 12.1. The molecule has 0 aliphatic heterocycles. The molecule has 0 amide bonds. The van der Waals surface area contributed by atoms with Crippen molar-refractivity contribution in [2.75, 3.05) is 19.8 Å². The average Bonchev–Trinajstić information content (AvgIpc) is 2.28. The molecule has 0 fully saturated rings. The summed E-state index contributed by atoms with van der Waals surface area (Å²) in [5.74, 6) is 0. The van der Waals surface area contributed by atoms with Crippen LogP contribution in [0, 0.1) is 0 Å². The molecule has 15 heavy (non-hydrogen) atoms. The highest BCUT2D eigenvalue weighted by molar-refractivity contribution is 5.08. The predicted molar refractivity (Wildman–Crippen MR) is 61.9 cm³/mol. The minimum Gasteiger partial charge on any atom is -0.380 e. The number of ether oxygens (including phenoxy) is 1. The van der Waals surface area contributed by atoms with E-state index >= 15 is 0 Å². The fourth-order valence-corrected chi connectivity index (χ4v) is 1.36. The summed E-state index contributed by atoms with van der Waals surface area (Å²) in [6.45, 7) is 6.69. The summed E-state index contributed by atoms with van der Waals surface area (Å²) in [7, 11) is 0. The molecule has 0 aliphatic carbocycles. The lowest BCUT2D eigenvalue weighted by molar-refractivity contribution is 0.127. The summed E-state index contributed by atoms with van der Waals surface area (Å²) >= 11 is 0. The highest BCUT2D eigenvalue weighted by atomic mass is 16.5. The number of rotatable bonds is 7. The molecule has 1 unspecified atom stereocenters. The van der Waals surface area contributed by atoms with Crippen LogP contribution in [0.1, 0.15) is 19.4 Å². The Kier molecular flexibility index (Phi) is 5.97. The van der Waals surface area contributed by atoms with Crippen LogP contribution in [-0.2, 0) is 11.2 Å². The maximum Gasteiger partial charge on any atom is 0.0616 e. The lowest BCUT2D eigenvalue weighted by Crippen LogP contribution is -2.32. The first-order chi connectivity index (χ1) is 7.33. The van der Waals surface area contributed by atoms with Gasteiger partial charge in [-0.15, -0.1) is 0 Å². The van der Waals surface area contributed by atoms with Crippen molar-refractivity contribution in [3.8, 4) is 0 Å². The zero-order chi connectivity index (χ0) is 10.9. The highest BCUT2D eigenvalue weighted by Crippen LogP contribution is 1.96. The zero-order valence-electron chi connectivity index (χ0n) is 9.57. The Morgan fingerprint density at radius 1 is 1.53 bits per heavy atom. The molecule has 1 rings (SSSR count). The molecule has 1 aromatic heterocycles. The van der Waals surface area contributed by atoms with Gasteiger partial charge in [-0.1, -0.05) is 6.07 Å². The third-order valence-electron chi connectivity index (χ3n) is 2.20. The molecule has 1 atom stereocenters. The second-order valence-corrected chi connectivity index (χ2v) is 3.63. The van der Waals surface area contributed by atoms with Crippen LogP contribution < -0.4 is 5.32 Å². The summed E-state index contributed by atoms with van der Waals surface area (Å²) in [6, 6.07) is 4.49. The van der Waals surface area contributed by atoms with Gasteiger partial charge >= 0.3 is 0 Å². The molecule has 0 saturated heterocycles. The molecule has 0 spiro atoms. The van der Waals surface area contributed by atoms with Gasteiger partial charge in [-0.2, -0.15) is 0 Å². The molecule has 0 saturated carbocycles. The van der Waals surface area contributed by atoms with Gasteiger partial charge in [0.2, 0.25) is 0 Å². The van der Waals surface area contributed by atoms with E-state index in [0.717, 1.165) is 26.2 Å². The van der Waals surface area contributed by atoms with Gasteiger partial charge in [0.25, 0.3) is 0 Å². The fourth-order valence-electron chi connectivity index (χ4n) is 1.36. The maximum absolute atomic E-state index is 5.32. The van der Waals surface area contributed by atoms with Crippen LogP contribution in [-0.4, -0.2) is 30.8 Å². The van der Waals surface area contributed by atoms with Gasteiger partial charge < -0.3 is 10.1 Å². The van der Waals surface area contributed by atoms with Gasteiger partial charge in [0.05, 0.1) is 6.61 Å². The van der Waals surface area contributed by atoms with Crippen LogP contribution in [0.4, 0.5) is 0 Å². The molecule has 84 valence electrons. The quantitative estimate of drug-likeness (QED) is 0.739. The van der Waals surface area contributed by atoms with Gasteiger partial charge in [-0.3, -0.25) is 4.98 Å². The van der Waals surface area contributed by atoms with Gasteiger partial charge in [0.15, 0.2) is 0 Å². The molecule has 1 heterocycles. The van der Waals surface area contributed by atoms with E-state index in [1.54, 1.807) is 6.20 Å². The Bertz CT molecular complexity index is 251. The number of nitrogens with one attached hydrogen (secondary N) is 1. The van der Waals surface area contributed by atoms with Crippen molar-refractivity contribution < 1.29 is 4.74 Å². The predicted octanol–water partition coefficient (Wildman–Crippen LogP) is 1.64. The Hall–Kier alpha value is -0.930. The molecule has 1 aromatic rings. The van der Waals surface area contributed by atoms with E-state index in [4.69, 9.17) is 4.74 Å². The van der Waals surface area contributed by atoms with E-state index in [9.17, 15) is 0 Å². The summed E-state index contributed by atoms with van der Waals surface area (Å²) in [5, 5.41) is 3.41. The third kappa shape index (κ3) is 5.50. The molecule has 0 aromatic carbocycles. The molecular weight excluding hydrogens is 188 g/mol. The summed E-state index contributed by atoms with van der Waals surface area (Å²) in [6.07, 6.45) is 4.73. The van der Waals surface area contributed by atoms with Crippen molar-refractivity contribution in [2.24, 2.45) is 0 Å². The van der Waals surface area contributed by atoms with Crippen LogP contribution in [0.2, 0.25) is 0 Å². The van der Waals surface area contributed by atoms with E-state index in [2.05, 4.69) is 23.3 Å². The number of aromatic nitrogens is 1. The molecule has 1 N–H and O–H groups in total. The number of hydrogen-bond acceptors (Lipinski definition) is 3. The van der Waals surface area contributed by atoms with E-state index in [-0.39, 0.29) is 0 Å². The van der Waals surface area contributed by atoms with Crippen LogP contribution in [0.15, 0.2) is 24.5 Å². The van der Waals surface area contributed by atoms with E-state index < -0.39 is 0 Å². The monoisotopic (exact) mass is 208 g/mol. The minimum absolute atomic E-state index is 0.418. The molecule has 0 radical (unpaired) electrons. The first-order valence-corrected chi connectivity index (χ1v) is 5.53. The third-order valence-corrected chi connectivity index (χ3v) is 2.20. The summed E-state index contributed by atoms with van der Waals surface area (Å²) < 4.78 is 5.32. The second kappa shape index (κ2) is 7.37. The molecule has 0 bridgehead atoms. The lowest BCUT2D eigenvalue weighted by atomic mass is 10.2. The van der Waals surface area contributed by atoms with Crippen molar-refractivity contribution in [1.82, 2.24) is 10.3 Å². The zero-order valence-corrected chi connectivity index (χ0v) is 9.57. The van der Waals surface area contributed by atoms with Crippen molar-refractivity contribution in [1.29, 1.82) is 0 Å². The van der Waals surface area contributed by atoms with Crippen molar-refractivity contribution in [2.45, 2.75) is 26.3 Å². The summed E-state index contributed by atoms with van der Waals surface area (Å²) in [5.41, 5.74) is 1.27. The Morgan fingerprint density at radius 2 is 2.40 bits per heavy atom. The van der Waals surface area contributed by atoms with Crippen molar-refractivity contribution >= 4 is 0 Å². The Labute approximate surface area is 91.9 Å². The highest BCUT2D eigenvalue weighted by Gasteiger charge is 2.00. The normalized spacial score (nSPS) is 12.7. The molecule has 3 nitrogen and oxygen atoms in total. The van der Waals surface area contributed by atoms with Gasteiger partial charge in [0, 0.05) is 25.0 Å². The second-order valence-electron chi connectivity index (χ2n) is 3.63. The van der Waals surface area contributed by atoms with Crippen LogP contribution in [0.5, 0.6) is 0 Å². The van der Waals surface area contributed by atoms with Crippen molar-refractivity contribution in [3.63, 3.8) is 0 Å². The maximum atomic E-state index is 5.32. The average molecular weight is 208 g/mol. The number of nitrogens with zero attached hydrogens (tertiary/aromatic N) is 1. The molecule has 3 heteroatoms. The van der Waals surface area contributed by atoms with Crippen molar-refractivity contribution in [3.05, 3.63) is 30.1 Å². The van der Waals surface area contributed by atoms with Crippen LogP contribution in [0.25, 0.3) is 0 Å². The van der Waals surface area contributed by atoms with E-state index in [0.29, 0.717) is 6.04 Å². The molecule has 0 aliphatic rings. The van der Waals surface area contributed by atoms with Gasteiger partial charge in [-0.25, -0.2) is 0 Å². The van der Waals surface area contributed by atoms with Gasteiger partial charge in [-0.05, 0) is 38.4 Å².